The number of halogens is 1. The number of nitrogens with zero attached hydrogens (tertiary/aromatic N) is 3. The summed E-state index contributed by atoms with van der Waals surface area (Å²) in [6.07, 6.45) is 3.85. The molecule has 0 radical (unpaired) electrons. The first-order valence-electron chi connectivity index (χ1n) is 10.8. The second kappa shape index (κ2) is 10.1. The highest BCUT2D eigenvalue weighted by molar-refractivity contribution is 6.30. The first kappa shape index (κ1) is 21.6. The van der Waals surface area contributed by atoms with Gasteiger partial charge in [-0.1, -0.05) is 97.7 Å². The molecule has 32 heavy (non-hydrogen) atoms. The Morgan fingerprint density at radius 1 is 0.906 bits per heavy atom. The molecule has 4 heteroatoms. The molecule has 0 unspecified atom stereocenters. The molecule has 0 N–H and O–H groups in total. The lowest BCUT2D eigenvalue weighted by atomic mass is 9.98. The largest absolute Gasteiger partial charge is 0.324 e. The monoisotopic (exact) mass is 437 g/mol. The van der Waals surface area contributed by atoms with Crippen LogP contribution in [0.4, 0.5) is 5.82 Å². The first-order valence-corrected chi connectivity index (χ1v) is 11.2. The van der Waals surface area contributed by atoms with E-state index in [0.717, 1.165) is 47.3 Å². The predicted octanol–water partition coefficient (Wildman–Crippen LogP) is 7.90. The fourth-order valence-electron chi connectivity index (χ4n) is 3.85. The van der Waals surface area contributed by atoms with Crippen molar-refractivity contribution in [1.29, 1.82) is 5.26 Å². The molecule has 0 bridgehead atoms. The molecule has 3 nitrogen and oxygen atoms in total. The highest BCUT2D eigenvalue weighted by Crippen LogP contribution is 2.42. The Morgan fingerprint density at radius 3 is 2.12 bits per heavy atom. The van der Waals surface area contributed by atoms with Crippen LogP contribution in [0.1, 0.15) is 30.9 Å². The summed E-state index contributed by atoms with van der Waals surface area (Å²) in [5.41, 5.74) is 5.58. The van der Waals surface area contributed by atoms with Crippen LogP contribution in [0.2, 0.25) is 5.02 Å². The molecule has 0 amide bonds. The molecule has 0 fully saturated rings. The van der Waals surface area contributed by atoms with Crippen molar-refractivity contribution in [2.75, 3.05) is 0 Å². The van der Waals surface area contributed by atoms with E-state index in [9.17, 15) is 5.26 Å². The summed E-state index contributed by atoms with van der Waals surface area (Å²) in [5, 5.41) is 10.9. The van der Waals surface area contributed by atoms with Crippen molar-refractivity contribution in [3.05, 3.63) is 101 Å². The third-order valence-electron chi connectivity index (χ3n) is 5.40. The minimum absolute atomic E-state index is 0.594. The molecule has 158 valence electrons. The summed E-state index contributed by atoms with van der Waals surface area (Å²) in [5.74, 6) is 0.689. The summed E-state index contributed by atoms with van der Waals surface area (Å²) in [4.78, 5) is 4.83. The van der Waals surface area contributed by atoms with Gasteiger partial charge in [-0.15, -0.1) is 0 Å². The van der Waals surface area contributed by atoms with Crippen LogP contribution in [-0.2, 0) is 6.54 Å². The first-order chi connectivity index (χ1) is 15.7. The summed E-state index contributed by atoms with van der Waals surface area (Å²) in [7, 11) is 0. The number of aliphatic imine (C=N–C) groups is 1. The molecule has 4 rings (SSSR count). The number of aromatic nitrogens is 1. The topological polar surface area (TPSA) is 41.1 Å². The van der Waals surface area contributed by atoms with Gasteiger partial charge in [0.2, 0.25) is 0 Å². The molecular weight excluding hydrogens is 414 g/mol. The van der Waals surface area contributed by atoms with Gasteiger partial charge >= 0.3 is 0 Å². The van der Waals surface area contributed by atoms with Crippen molar-refractivity contribution in [3.8, 4) is 28.5 Å². The van der Waals surface area contributed by atoms with E-state index < -0.39 is 0 Å². The summed E-state index contributed by atoms with van der Waals surface area (Å²) >= 11 is 6.03. The summed E-state index contributed by atoms with van der Waals surface area (Å²) < 4.78 is 2.20. The smallest absolute Gasteiger partial charge is 0.151 e. The molecule has 3 aromatic carbocycles. The van der Waals surface area contributed by atoms with E-state index in [4.69, 9.17) is 16.6 Å². The maximum absolute atomic E-state index is 10.2. The standard InChI is InChI=1S/C28H24ClN3/c1-2-3-18-32-27(23-12-8-5-9-13-23)26(22-10-6-4-7-11-22)25(19-30)28(32)31-20-21-14-16-24(29)17-15-21/h4-17,20H,2-3,18H2,1H3. The van der Waals surface area contributed by atoms with Gasteiger partial charge in [-0.2, -0.15) is 5.26 Å². The molecule has 0 saturated heterocycles. The number of benzene rings is 3. The minimum atomic E-state index is 0.594. The molecule has 4 aromatic rings. The molecular formula is C28H24ClN3. The third kappa shape index (κ3) is 4.51. The molecule has 0 saturated carbocycles. The molecule has 0 atom stereocenters. The van der Waals surface area contributed by atoms with Gasteiger partial charge in [0.05, 0.1) is 5.69 Å². The zero-order valence-corrected chi connectivity index (χ0v) is 18.8. The Kier molecular flexibility index (Phi) is 6.84. The van der Waals surface area contributed by atoms with Crippen LogP contribution < -0.4 is 0 Å². The zero-order chi connectivity index (χ0) is 22.3. The SMILES string of the molecule is CCCCn1c(N=Cc2ccc(Cl)cc2)c(C#N)c(-c2ccccc2)c1-c1ccccc1. The van der Waals surface area contributed by atoms with Gasteiger partial charge in [-0.05, 0) is 35.2 Å². The van der Waals surface area contributed by atoms with E-state index in [0.29, 0.717) is 16.4 Å². The van der Waals surface area contributed by atoms with Gasteiger partial charge in [0.25, 0.3) is 0 Å². The Morgan fingerprint density at radius 2 is 1.53 bits per heavy atom. The predicted molar refractivity (Wildman–Crippen MR) is 134 cm³/mol. The van der Waals surface area contributed by atoms with E-state index in [1.807, 2.05) is 60.7 Å². The Balaban J connectivity index is 1.98. The molecule has 0 aliphatic carbocycles. The van der Waals surface area contributed by atoms with Gasteiger partial charge in [0, 0.05) is 23.3 Å². The maximum Gasteiger partial charge on any atom is 0.151 e. The lowest BCUT2D eigenvalue weighted by molar-refractivity contribution is 0.642. The third-order valence-corrected chi connectivity index (χ3v) is 5.65. The Labute approximate surface area is 194 Å². The van der Waals surface area contributed by atoms with Gasteiger partial charge in [-0.25, -0.2) is 4.99 Å². The van der Waals surface area contributed by atoms with E-state index in [2.05, 4.69) is 41.8 Å². The van der Waals surface area contributed by atoms with Gasteiger partial charge < -0.3 is 4.57 Å². The highest BCUT2D eigenvalue weighted by Gasteiger charge is 2.24. The number of hydrogen-bond acceptors (Lipinski definition) is 2. The fraction of sp³-hybridized carbons (Fsp3) is 0.143. The quantitative estimate of drug-likeness (QED) is 0.271. The summed E-state index contributed by atoms with van der Waals surface area (Å²) in [6.45, 7) is 2.96. The average molecular weight is 438 g/mol. The van der Waals surface area contributed by atoms with Crippen LogP contribution in [-0.4, -0.2) is 10.8 Å². The number of hydrogen-bond donors (Lipinski definition) is 0. The number of nitriles is 1. The molecule has 0 spiro atoms. The molecule has 1 aromatic heterocycles. The summed E-state index contributed by atoms with van der Waals surface area (Å²) in [6, 6.07) is 30.4. The van der Waals surface area contributed by atoms with Crippen LogP contribution in [0.25, 0.3) is 22.4 Å². The van der Waals surface area contributed by atoms with Crippen molar-refractivity contribution in [2.24, 2.45) is 4.99 Å². The second-order valence-corrected chi connectivity index (χ2v) is 8.02. The second-order valence-electron chi connectivity index (χ2n) is 7.58. The van der Waals surface area contributed by atoms with E-state index in [1.54, 1.807) is 6.21 Å². The lowest BCUT2D eigenvalue weighted by Gasteiger charge is -2.13. The van der Waals surface area contributed by atoms with Crippen LogP contribution in [0.3, 0.4) is 0 Å². The van der Waals surface area contributed by atoms with Crippen molar-refractivity contribution in [1.82, 2.24) is 4.57 Å². The van der Waals surface area contributed by atoms with Crippen molar-refractivity contribution in [2.45, 2.75) is 26.3 Å². The van der Waals surface area contributed by atoms with Gasteiger partial charge in [0.15, 0.2) is 5.82 Å². The number of rotatable bonds is 7. The van der Waals surface area contributed by atoms with Crippen molar-refractivity contribution in [3.63, 3.8) is 0 Å². The molecule has 0 aliphatic heterocycles. The van der Waals surface area contributed by atoms with Gasteiger partial charge in [-0.3, -0.25) is 0 Å². The average Bonchev–Trinajstić information content (AvgIpc) is 3.16. The van der Waals surface area contributed by atoms with Crippen LogP contribution in [0, 0.1) is 11.3 Å². The fourth-order valence-corrected chi connectivity index (χ4v) is 3.97. The molecule has 0 aliphatic rings. The van der Waals surface area contributed by atoms with Gasteiger partial charge in [0.1, 0.15) is 11.6 Å². The van der Waals surface area contributed by atoms with E-state index >= 15 is 0 Å². The Bertz CT molecular complexity index is 1250. The lowest BCUT2D eigenvalue weighted by Crippen LogP contribution is -2.00. The van der Waals surface area contributed by atoms with Crippen molar-refractivity contribution >= 4 is 23.6 Å². The Hall–Kier alpha value is -3.61. The maximum atomic E-state index is 10.2. The van der Waals surface area contributed by atoms with Crippen LogP contribution in [0.5, 0.6) is 0 Å². The highest BCUT2D eigenvalue weighted by atomic mass is 35.5. The minimum Gasteiger partial charge on any atom is -0.324 e. The zero-order valence-electron chi connectivity index (χ0n) is 18.0. The van der Waals surface area contributed by atoms with Crippen molar-refractivity contribution < 1.29 is 0 Å². The molecule has 1 heterocycles. The normalized spacial score (nSPS) is 11.0. The van der Waals surface area contributed by atoms with E-state index in [-0.39, 0.29) is 0 Å². The van der Waals surface area contributed by atoms with Crippen LogP contribution in [0.15, 0.2) is 89.9 Å². The van der Waals surface area contributed by atoms with Crippen LogP contribution >= 0.6 is 11.6 Å². The number of unbranched alkanes of at least 4 members (excludes halogenated alkanes) is 1. The van der Waals surface area contributed by atoms with E-state index in [1.165, 1.54) is 0 Å².